The summed E-state index contributed by atoms with van der Waals surface area (Å²) in [4.78, 5) is 0. The number of rotatable bonds is 3. The van der Waals surface area contributed by atoms with Gasteiger partial charge in [-0.3, -0.25) is 0 Å². The maximum Gasteiger partial charge on any atom is 0.0995 e. The van der Waals surface area contributed by atoms with Crippen molar-refractivity contribution in [3.05, 3.63) is 23.7 Å². The molecule has 0 fully saturated rings. The molecular weight excluding hydrogens is 136 g/mol. The van der Waals surface area contributed by atoms with Gasteiger partial charge in [0, 0.05) is 6.42 Å². The molecule has 0 aliphatic carbocycles. The summed E-state index contributed by atoms with van der Waals surface area (Å²) >= 11 is 0. The summed E-state index contributed by atoms with van der Waals surface area (Å²) in [5, 5.41) is 0. The SMILES string of the molecule is CCCCC1=CCC(C)=CO1. The van der Waals surface area contributed by atoms with Crippen LogP contribution in [0.25, 0.3) is 0 Å². The predicted molar refractivity (Wildman–Crippen MR) is 47.1 cm³/mol. The van der Waals surface area contributed by atoms with Crippen molar-refractivity contribution < 1.29 is 4.74 Å². The van der Waals surface area contributed by atoms with Gasteiger partial charge < -0.3 is 4.74 Å². The van der Waals surface area contributed by atoms with Gasteiger partial charge in [0.1, 0.15) is 0 Å². The highest BCUT2D eigenvalue weighted by molar-refractivity contribution is 5.10. The smallest absolute Gasteiger partial charge is 0.0995 e. The molecular formula is C10H16O. The molecule has 0 unspecified atom stereocenters. The normalized spacial score (nSPS) is 16.9. The third-order valence-corrected chi connectivity index (χ3v) is 1.84. The Morgan fingerprint density at radius 2 is 2.36 bits per heavy atom. The van der Waals surface area contributed by atoms with Crippen LogP contribution in [-0.4, -0.2) is 0 Å². The quantitative estimate of drug-likeness (QED) is 0.602. The fourth-order valence-corrected chi connectivity index (χ4v) is 1.06. The molecule has 0 aromatic heterocycles. The van der Waals surface area contributed by atoms with E-state index in [-0.39, 0.29) is 0 Å². The van der Waals surface area contributed by atoms with E-state index < -0.39 is 0 Å². The lowest BCUT2D eigenvalue weighted by molar-refractivity contribution is 0.316. The summed E-state index contributed by atoms with van der Waals surface area (Å²) in [5.74, 6) is 1.15. The highest BCUT2D eigenvalue weighted by Gasteiger charge is 2.01. The van der Waals surface area contributed by atoms with E-state index in [0.29, 0.717) is 0 Å². The molecule has 0 N–H and O–H groups in total. The molecule has 1 aliphatic heterocycles. The van der Waals surface area contributed by atoms with Crippen LogP contribution >= 0.6 is 0 Å². The lowest BCUT2D eigenvalue weighted by Crippen LogP contribution is -1.93. The van der Waals surface area contributed by atoms with E-state index in [1.807, 2.05) is 6.26 Å². The molecule has 0 spiro atoms. The standard InChI is InChI=1S/C10H16O/c1-3-4-5-10-7-6-9(2)8-11-10/h7-8H,3-6H2,1-2H3. The van der Waals surface area contributed by atoms with Gasteiger partial charge in [-0.25, -0.2) is 0 Å². The largest absolute Gasteiger partial charge is 0.470 e. The van der Waals surface area contributed by atoms with Gasteiger partial charge in [0.15, 0.2) is 0 Å². The van der Waals surface area contributed by atoms with Crippen molar-refractivity contribution >= 4 is 0 Å². The summed E-state index contributed by atoms with van der Waals surface area (Å²) < 4.78 is 5.39. The summed E-state index contributed by atoms with van der Waals surface area (Å²) in [5.41, 5.74) is 1.31. The summed E-state index contributed by atoms with van der Waals surface area (Å²) in [6.45, 7) is 4.29. The Bertz CT molecular complexity index is 177. The summed E-state index contributed by atoms with van der Waals surface area (Å²) in [6.07, 6.45) is 8.69. The monoisotopic (exact) mass is 152 g/mol. The van der Waals surface area contributed by atoms with Gasteiger partial charge in [-0.1, -0.05) is 13.3 Å². The van der Waals surface area contributed by atoms with Crippen molar-refractivity contribution in [3.8, 4) is 0 Å². The van der Waals surface area contributed by atoms with Crippen molar-refractivity contribution in [2.24, 2.45) is 0 Å². The topological polar surface area (TPSA) is 9.23 Å². The number of ether oxygens (including phenoxy) is 1. The third kappa shape index (κ3) is 2.79. The van der Waals surface area contributed by atoms with Gasteiger partial charge in [0.25, 0.3) is 0 Å². The average Bonchev–Trinajstić information content (AvgIpc) is 2.04. The maximum atomic E-state index is 5.39. The van der Waals surface area contributed by atoms with Crippen molar-refractivity contribution in [1.82, 2.24) is 0 Å². The van der Waals surface area contributed by atoms with Gasteiger partial charge in [-0.2, -0.15) is 0 Å². The molecule has 1 heteroatoms. The highest BCUT2D eigenvalue weighted by Crippen LogP contribution is 2.18. The first kappa shape index (κ1) is 8.38. The second kappa shape index (κ2) is 4.22. The van der Waals surface area contributed by atoms with Crippen molar-refractivity contribution in [2.75, 3.05) is 0 Å². The molecule has 0 amide bonds. The van der Waals surface area contributed by atoms with Gasteiger partial charge in [-0.15, -0.1) is 0 Å². The molecule has 11 heavy (non-hydrogen) atoms. The zero-order chi connectivity index (χ0) is 8.10. The van der Waals surface area contributed by atoms with Crippen molar-refractivity contribution in [3.63, 3.8) is 0 Å². The van der Waals surface area contributed by atoms with Gasteiger partial charge in [-0.05, 0) is 31.4 Å². The van der Waals surface area contributed by atoms with Crippen LogP contribution in [-0.2, 0) is 4.74 Å². The molecule has 0 aromatic rings. The lowest BCUT2D eigenvalue weighted by Gasteiger charge is -2.11. The Morgan fingerprint density at radius 3 is 2.91 bits per heavy atom. The van der Waals surface area contributed by atoms with Crippen LogP contribution in [0.1, 0.15) is 39.5 Å². The summed E-state index contributed by atoms with van der Waals surface area (Å²) in [6, 6.07) is 0. The second-order valence-electron chi connectivity index (χ2n) is 3.06. The minimum absolute atomic E-state index is 1.07. The van der Waals surface area contributed by atoms with E-state index in [9.17, 15) is 0 Å². The number of unbranched alkanes of at least 4 members (excludes halogenated alkanes) is 1. The Labute approximate surface area is 68.8 Å². The Balaban J connectivity index is 2.27. The fourth-order valence-electron chi connectivity index (χ4n) is 1.06. The Kier molecular flexibility index (Phi) is 3.21. The van der Waals surface area contributed by atoms with Crippen LogP contribution < -0.4 is 0 Å². The minimum atomic E-state index is 1.07. The van der Waals surface area contributed by atoms with Crippen molar-refractivity contribution in [2.45, 2.75) is 39.5 Å². The predicted octanol–water partition coefficient (Wildman–Crippen LogP) is 3.38. The minimum Gasteiger partial charge on any atom is -0.470 e. The van der Waals surface area contributed by atoms with E-state index >= 15 is 0 Å². The first-order valence-electron chi connectivity index (χ1n) is 4.34. The zero-order valence-corrected chi connectivity index (χ0v) is 7.39. The molecule has 1 nitrogen and oxygen atoms in total. The molecule has 0 radical (unpaired) electrons. The Morgan fingerprint density at radius 1 is 1.55 bits per heavy atom. The molecule has 1 heterocycles. The summed E-state index contributed by atoms with van der Waals surface area (Å²) in [7, 11) is 0. The third-order valence-electron chi connectivity index (χ3n) is 1.84. The lowest BCUT2D eigenvalue weighted by atomic mass is 10.1. The molecule has 0 saturated heterocycles. The van der Waals surface area contributed by atoms with E-state index in [0.717, 1.165) is 18.6 Å². The van der Waals surface area contributed by atoms with E-state index in [1.54, 1.807) is 0 Å². The molecule has 1 rings (SSSR count). The van der Waals surface area contributed by atoms with Crippen molar-refractivity contribution in [1.29, 1.82) is 0 Å². The first-order valence-corrected chi connectivity index (χ1v) is 4.34. The van der Waals surface area contributed by atoms with Crippen LogP contribution in [0.3, 0.4) is 0 Å². The van der Waals surface area contributed by atoms with Gasteiger partial charge in [0.2, 0.25) is 0 Å². The van der Waals surface area contributed by atoms with Crippen LogP contribution in [0.2, 0.25) is 0 Å². The van der Waals surface area contributed by atoms with Gasteiger partial charge in [0.05, 0.1) is 12.0 Å². The van der Waals surface area contributed by atoms with Crippen LogP contribution in [0.15, 0.2) is 23.7 Å². The molecule has 0 atom stereocenters. The average molecular weight is 152 g/mol. The number of hydrogen-bond donors (Lipinski definition) is 0. The van der Waals surface area contributed by atoms with E-state index in [1.165, 1.54) is 18.4 Å². The second-order valence-corrected chi connectivity index (χ2v) is 3.06. The Hall–Kier alpha value is -0.720. The van der Waals surface area contributed by atoms with E-state index in [2.05, 4.69) is 19.9 Å². The zero-order valence-electron chi connectivity index (χ0n) is 7.39. The molecule has 1 aliphatic rings. The number of hydrogen-bond acceptors (Lipinski definition) is 1. The molecule has 0 bridgehead atoms. The molecule has 0 aromatic carbocycles. The van der Waals surface area contributed by atoms with Gasteiger partial charge >= 0.3 is 0 Å². The van der Waals surface area contributed by atoms with Crippen LogP contribution in [0.5, 0.6) is 0 Å². The highest BCUT2D eigenvalue weighted by atomic mass is 16.5. The fraction of sp³-hybridized carbons (Fsp3) is 0.600. The van der Waals surface area contributed by atoms with Crippen LogP contribution in [0.4, 0.5) is 0 Å². The molecule has 0 saturated carbocycles. The van der Waals surface area contributed by atoms with Crippen LogP contribution in [0, 0.1) is 0 Å². The molecule has 62 valence electrons. The number of allylic oxidation sites excluding steroid dienone is 3. The van der Waals surface area contributed by atoms with E-state index in [4.69, 9.17) is 4.74 Å². The maximum absolute atomic E-state index is 5.39. The first-order chi connectivity index (χ1) is 5.33.